The summed E-state index contributed by atoms with van der Waals surface area (Å²) in [6.07, 6.45) is 0. The largest absolute Gasteiger partial charge is 0.309 e. The van der Waals surface area contributed by atoms with Gasteiger partial charge in [-0.25, -0.2) is 0 Å². The van der Waals surface area contributed by atoms with Gasteiger partial charge in [0.25, 0.3) is 0 Å². The zero-order valence-electron chi connectivity index (χ0n) is 31.0. The third-order valence-electron chi connectivity index (χ3n) is 11.3. The van der Waals surface area contributed by atoms with E-state index in [1.807, 2.05) is 6.07 Å². The predicted molar refractivity (Wildman–Crippen MR) is 230 cm³/mol. The standard InChI is InChI=1S/C52H37N3/c1-33-20-24-43(52(28-33)55-48-19-11-9-17-42(48)46-31-38(23-27-51(46)55)40-15-7-5-13-35(40)3)44-29-36(32-53)21-25-49(44)54-47-18-10-8-16-41(47)45-30-37(22-26-50(45)54)39-14-6-4-12-34(39)2/h4-31H,1-3H3. The molecule has 8 aromatic carbocycles. The van der Waals surface area contributed by atoms with Crippen molar-refractivity contribution in [1.29, 1.82) is 5.26 Å². The normalized spacial score (nSPS) is 11.5. The highest BCUT2D eigenvalue weighted by Crippen LogP contribution is 2.43. The van der Waals surface area contributed by atoms with Crippen LogP contribution >= 0.6 is 0 Å². The monoisotopic (exact) mass is 703 g/mol. The molecule has 55 heavy (non-hydrogen) atoms. The van der Waals surface area contributed by atoms with Crippen molar-refractivity contribution in [2.45, 2.75) is 20.8 Å². The van der Waals surface area contributed by atoms with Crippen LogP contribution in [0.2, 0.25) is 0 Å². The summed E-state index contributed by atoms with van der Waals surface area (Å²) >= 11 is 0. The van der Waals surface area contributed by atoms with Crippen molar-refractivity contribution >= 4 is 43.6 Å². The molecule has 260 valence electrons. The molecule has 3 heteroatoms. The molecule has 0 atom stereocenters. The lowest BCUT2D eigenvalue weighted by molar-refractivity contribution is 1.15. The number of aromatic nitrogens is 2. The van der Waals surface area contributed by atoms with E-state index in [0.29, 0.717) is 5.56 Å². The van der Waals surface area contributed by atoms with Crippen LogP contribution in [0.25, 0.3) is 88.4 Å². The van der Waals surface area contributed by atoms with E-state index in [1.165, 1.54) is 60.5 Å². The van der Waals surface area contributed by atoms with E-state index in [1.54, 1.807) is 0 Å². The number of nitrogens with zero attached hydrogens (tertiary/aromatic N) is 3. The van der Waals surface area contributed by atoms with Crippen LogP contribution in [-0.4, -0.2) is 9.13 Å². The molecule has 0 aliphatic rings. The highest BCUT2D eigenvalue weighted by molar-refractivity contribution is 6.13. The number of benzene rings is 8. The number of para-hydroxylation sites is 2. The average molecular weight is 704 g/mol. The fraction of sp³-hybridized carbons (Fsp3) is 0.0577. The Hall–Kier alpha value is -7.15. The molecular weight excluding hydrogens is 667 g/mol. The van der Waals surface area contributed by atoms with Crippen molar-refractivity contribution in [3.05, 3.63) is 192 Å². The van der Waals surface area contributed by atoms with Crippen molar-refractivity contribution in [2.75, 3.05) is 0 Å². The Morgan fingerprint density at radius 1 is 0.382 bits per heavy atom. The van der Waals surface area contributed by atoms with Gasteiger partial charge in [0.2, 0.25) is 0 Å². The molecule has 2 heterocycles. The Morgan fingerprint density at radius 3 is 1.45 bits per heavy atom. The lowest BCUT2D eigenvalue weighted by atomic mass is 9.97. The van der Waals surface area contributed by atoms with E-state index in [0.717, 1.165) is 44.6 Å². The summed E-state index contributed by atoms with van der Waals surface area (Å²) in [6, 6.07) is 63.5. The van der Waals surface area contributed by atoms with Crippen LogP contribution in [0.3, 0.4) is 0 Å². The van der Waals surface area contributed by atoms with Crippen molar-refractivity contribution < 1.29 is 0 Å². The summed E-state index contributed by atoms with van der Waals surface area (Å²) in [5.41, 5.74) is 17.9. The maximum absolute atomic E-state index is 10.3. The Bertz CT molecular complexity index is 3200. The molecule has 0 aliphatic heterocycles. The van der Waals surface area contributed by atoms with Gasteiger partial charge in [-0.2, -0.15) is 5.26 Å². The van der Waals surface area contributed by atoms with Gasteiger partial charge in [0.15, 0.2) is 0 Å². The smallest absolute Gasteiger partial charge is 0.0991 e. The molecular formula is C52H37N3. The van der Waals surface area contributed by atoms with Gasteiger partial charge in [-0.3, -0.25) is 0 Å². The lowest BCUT2D eigenvalue weighted by Crippen LogP contribution is -2.02. The van der Waals surface area contributed by atoms with Gasteiger partial charge in [0.1, 0.15) is 0 Å². The van der Waals surface area contributed by atoms with Gasteiger partial charge in [-0.1, -0.05) is 109 Å². The molecule has 0 radical (unpaired) electrons. The topological polar surface area (TPSA) is 33.6 Å². The minimum absolute atomic E-state index is 0.623. The number of rotatable bonds is 5. The van der Waals surface area contributed by atoms with Crippen molar-refractivity contribution in [3.8, 4) is 50.8 Å². The molecule has 0 fully saturated rings. The van der Waals surface area contributed by atoms with Gasteiger partial charge in [0.05, 0.1) is 45.1 Å². The van der Waals surface area contributed by atoms with Crippen molar-refractivity contribution in [1.82, 2.24) is 9.13 Å². The van der Waals surface area contributed by atoms with E-state index < -0.39 is 0 Å². The fourth-order valence-electron chi connectivity index (χ4n) is 8.66. The minimum Gasteiger partial charge on any atom is -0.309 e. The van der Waals surface area contributed by atoms with Crippen molar-refractivity contribution in [3.63, 3.8) is 0 Å². The summed E-state index contributed by atoms with van der Waals surface area (Å²) in [5.74, 6) is 0. The third-order valence-corrected chi connectivity index (χ3v) is 11.3. The van der Waals surface area contributed by atoms with E-state index in [4.69, 9.17) is 0 Å². The molecule has 0 saturated carbocycles. The molecule has 10 aromatic rings. The first kappa shape index (κ1) is 32.5. The number of hydrogen-bond donors (Lipinski definition) is 0. The fourth-order valence-corrected chi connectivity index (χ4v) is 8.66. The summed E-state index contributed by atoms with van der Waals surface area (Å²) < 4.78 is 4.80. The van der Waals surface area contributed by atoms with Gasteiger partial charge in [-0.15, -0.1) is 0 Å². The zero-order valence-corrected chi connectivity index (χ0v) is 31.0. The van der Waals surface area contributed by atoms with Gasteiger partial charge < -0.3 is 9.13 Å². The number of fused-ring (bicyclic) bond motifs is 6. The number of nitriles is 1. The molecule has 10 rings (SSSR count). The summed E-state index contributed by atoms with van der Waals surface area (Å²) in [5, 5.41) is 15.1. The predicted octanol–water partition coefficient (Wildman–Crippen LogP) is 13.7. The van der Waals surface area contributed by atoms with Gasteiger partial charge in [-0.05, 0) is 120 Å². The molecule has 0 saturated heterocycles. The Balaban J connectivity index is 1.25. The van der Waals surface area contributed by atoms with E-state index in [9.17, 15) is 5.26 Å². The Kier molecular flexibility index (Phi) is 7.54. The maximum atomic E-state index is 10.3. The SMILES string of the molecule is Cc1ccc(-c2cc(C#N)ccc2-n2c3ccccc3c3cc(-c4ccccc4C)ccc32)c(-n2c3ccccc3c3cc(-c4ccccc4C)ccc32)c1. The van der Waals surface area contributed by atoms with Crippen LogP contribution in [-0.2, 0) is 0 Å². The first-order chi connectivity index (χ1) is 27.0. The Labute approximate surface area is 320 Å². The molecule has 0 N–H and O–H groups in total. The third kappa shape index (κ3) is 5.18. The van der Waals surface area contributed by atoms with Gasteiger partial charge in [0, 0.05) is 32.7 Å². The number of hydrogen-bond acceptors (Lipinski definition) is 1. The summed E-state index contributed by atoms with van der Waals surface area (Å²) in [6.45, 7) is 6.50. The average Bonchev–Trinajstić information content (AvgIpc) is 3.73. The van der Waals surface area contributed by atoms with Gasteiger partial charge >= 0.3 is 0 Å². The second-order valence-corrected chi connectivity index (χ2v) is 14.7. The quantitative estimate of drug-likeness (QED) is 0.176. The highest BCUT2D eigenvalue weighted by atomic mass is 15.0. The second kappa shape index (κ2) is 12.8. The highest BCUT2D eigenvalue weighted by Gasteiger charge is 2.22. The van der Waals surface area contributed by atoms with E-state index in [2.05, 4.69) is 200 Å². The maximum Gasteiger partial charge on any atom is 0.0991 e. The molecule has 0 bridgehead atoms. The zero-order chi connectivity index (χ0) is 37.2. The molecule has 0 spiro atoms. The van der Waals surface area contributed by atoms with Crippen molar-refractivity contribution in [2.24, 2.45) is 0 Å². The molecule has 0 aliphatic carbocycles. The first-order valence-electron chi connectivity index (χ1n) is 18.8. The minimum atomic E-state index is 0.623. The van der Waals surface area contributed by atoms with Crippen LogP contribution in [0.5, 0.6) is 0 Å². The van der Waals surface area contributed by atoms with Crippen LogP contribution in [0.15, 0.2) is 170 Å². The van der Waals surface area contributed by atoms with E-state index >= 15 is 0 Å². The second-order valence-electron chi connectivity index (χ2n) is 14.7. The number of aryl methyl sites for hydroxylation is 3. The summed E-state index contributed by atoms with van der Waals surface area (Å²) in [4.78, 5) is 0. The van der Waals surface area contributed by atoms with Crippen LogP contribution in [0.4, 0.5) is 0 Å². The molecule has 3 nitrogen and oxygen atoms in total. The molecule has 0 unspecified atom stereocenters. The molecule has 2 aromatic heterocycles. The van der Waals surface area contributed by atoms with Crippen LogP contribution in [0.1, 0.15) is 22.3 Å². The summed E-state index contributed by atoms with van der Waals surface area (Å²) in [7, 11) is 0. The van der Waals surface area contributed by atoms with Crippen LogP contribution < -0.4 is 0 Å². The van der Waals surface area contributed by atoms with E-state index in [-0.39, 0.29) is 0 Å². The van der Waals surface area contributed by atoms with Crippen LogP contribution in [0, 0.1) is 32.1 Å². The Morgan fingerprint density at radius 2 is 0.891 bits per heavy atom. The first-order valence-corrected chi connectivity index (χ1v) is 18.8. The molecule has 0 amide bonds. The lowest BCUT2D eigenvalue weighted by Gasteiger charge is -2.19.